The van der Waals surface area contributed by atoms with Crippen molar-refractivity contribution in [2.75, 3.05) is 0 Å². The second-order valence-electron chi connectivity index (χ2n) is 5.80. The van der Waals surface area contributed by atoms with E-state index in [-0.39, 0.29) is 16.6 Å². The van der Waals surface area contributed by atoms with Gasteiger partial charge in [0.1, 0.15) is 0 Å². The molecule has 1 amide bonds. The summed E-state index contributed by atoms with van der Waals surface area (Å²) in [5, 5.41) is 11.7. The number of ether oxygens (including phenoxy) is 1. The minimum Gasteiger partial charge on any atom is -0.452 e. The Morgan fingerprint density at radius 3 is 2.28 bits per heavy atom. The standard InChI is InChI=1S/C15H18N2O7S/c1-9(14(18)16-11-3-4-11)24-15(19)10(2)25(22,23)13-7-5-12(6-8-13)17(20)21/h5-11H,3-4H2,1-2H3,(H,16,18)/t9-,10+/m1/s1. The lowest BCUT2D eigenvalue weighted by Gasteiger charge is -2.17. The van der Waals surface area contributed by atoms with Crippen LogP contribution in [-0.2, 0) is 24.2 Å². The number of esters is 1. The van der Waals surface area contributed by atoms with Crippen LogP contribution in [0.4, 0.5) is 5.69 Å². The zero-order valence-corrected chi connectivity index (χ0v) is 14.5. The summed E-state index contributed by atoms with van der Waals surface area (Å²) in [5.41, 5.74) is -0.264. The number of nitro groups is 1. The summed E-state index contributed by atoms with van der Waals surface area (Å²) in [6.07, 6.45) is 0.636. The Morgan fingerprint density at radius 2 is 1.80 bits per heavy atom. The summed E-state index contributed by atoms with van der Waals surface area (Å²) in [6, 6.07) is 4.28. The number of carbonyl (C=O) groups is 2. The van der Waals surface area contributed by atoms with E-state index in [4.69, 9.17) is 4.74 Å². The van der Waals surface area contributed by atoms with E-state index in [1.165, 1.54) is 6.92 Å². The third-order valence-corrected chi connectivity index (χ3v) is 5.81. The highest BCUT2D eigenvalue weighted by molar-refractivity contribution is 7.92. The van der Waals surface area contributed by atoms with Crippen LogP contribution in [0.5, 0.6) is 0 Å². The van der Waals surface area contributed by atoms with E-state index in [9.17, 15) is 28.1 Å². The molecule has 0 radical (unpaired) electrons. The van der Waals surface area contributed by atoms with Crippen molar-refractivity contribution < 1.29 is 27.7 Å². The predicted molar refractivity (Wildman–Crippen MR) is 86.5 cm³/mol. The van der Waals surface area contributed by atoms with E-state index < -0.39 is 38.0 Å². The maximum atomic E-state index is 12.4. The smallest absolute Gasteiger partial charge is 0.325 e. The lowest BCUT2D eigenvalue weighted by atomic mass is 10.3. The van der Waals surface area contributed by atoms with Gasteiger partial charge in [-0.2, -0.15) is 0 Å². The van der Waals surface area contributed by atoms with Crippen LogP contribution in [0.2, 0.25) is 0 Å². The molecule has 2 rings (SSSR count). The molecule has 9 nitrogen and oxygen atoms in total. The normalized spacial score (nSPS) is 16.6. The molecule has 0 aromatic heterocycles. The molecule has 1 aromatic carbocycles. The summed E-state index contributed by atoms with van der Waals surface area (Å²) in [6.45, 7) is 2.51. The number of hydrogen-bond donors (Lipinski definition) is 1. The van der Waals surface area contributed by atoms with E-state index >= 15 is 0 Å². The third-order valence-electron chi connectivity index (χ3n) is 3.76. The molecule has 0 bridgehead atoms. The highest BCUT2D eigenvalue weighted by Gasteiger charge is 2.34. The number of benzene rings is 1. The van der Waals surface area contributed by atoms with Crippen LogP contribution in [0.1, 0.15) is 26.7 Å². The van der Waals surface area contributed by atoms with Gasteiger partial charge in [0.15, 0.2) is 21.2 Å². The summed E-state index contributed by atoms with van der Waals surface area (Å²) < 4.78 is 29.8. The SMILES string of the molecule is C[C@@H](OC(=O)[C@H](C)S(=O)(=O)c1ccc([N+](=O)[O-])cc1)C(=O)NC1CC1. The average Bonchev–Trinajstić information content (AvgIpc) is 3.37. The molecule has 136 valence electrons. The Bertz CT molecular complexity index is 785. The van der Waals surface area contributed by atoms with E-state index in [0.717, 1.165) is 44.0 Å². The summed E-state index contributed by atoms with van der Waals surface area (Å²) in [5.74, 6) is -1.53. The number of non-ortho nitro benzene ring substituents is 1. The van der Waals surface area contributed by atoms with Gasteiger partial charge in [0, 0.05) is 18.2 Å². The fourth-order valence-electron chi connectivity index (χ4n) is 1.96. The minimum absolute atomic E-state index is 0.0925. The van der Waals surface area contributed by atoms with Crippen molar-refractivity contribution in [2.45, 2.75) is 49.0 Å². The lowest BCUT2D eigenvalue weighted by Crippen LogP contribution is -2.40. The molecular weight excluding hydrogens is 352 g/mol. The van der Waals surface area contributed by atoms with E-state index in [0.29, 0.717) is 0 Å². The first-order chi connectivity index (χ1) is 11.6. The molecule has 0 aliphatic heterocycles. The molecule has 1 aliphatic carbocycles. The largest absolute Gasteiger partial charge is 0.452 e. The maximum Gasteiger partial charge on any atom is 0.325 e. The van der Waals surface area contributed by atoms with Crippen LogP contribution in [0, 0.1) is 10.1 Å². The second-order valence-corrected chi connectivity index (χ2v) is 8.07. The van der Waals surface area contributed by atoms with Crippen molar-refractivity contribution in [3.63, 3.8) is 0 Å². The molecule has 1 aliphatic rings. The molecule has 0 spiro atoms. The van der Waals surface area contributed by atoms with Gasteiger partial charge in [0.05, 0.1) is 9.82 Å². The highest BCUT2D eigenvalue weighted by atomic mass is 32.2. The number of nitro benzene ring substituents is 1. The van der Waals surface area contributed by atoms with Gasteiger partial charge >= 0.3 is 5.97 Å². The van der Waals surface area contributed by atoms with Crippen LogP contribution < -0.4 is 5.32 Å². The van der Waals surface area contributed by atoms with Gasteiger partial charge in [-0.1, -0.05) is 0 Å². The quantitative estimate of drug-likeness (QED) is 0.429. The number of carbonyl (C=O) groups excluding carboxylic acids is 2. The van der Waals surface area contributed by atoms with E-state index in [2.05, 4.69) is 5.32 Å². The maximum absolute atomic E-state index is 12.4. The Hall–Kier alpha value is -2.49. The predicted octanol–water partition coefficient (Wildman–Crippen LogP) is 0.967. The van der Waals surface area contributed by atoms with Gasteiger partial charge in [-0.25, -0.2) is 8.42 Å². The summed E-state index contributed by atoms with van der Waals surface area (Å²) in [7, 11) is -4.09. The monoisotopic (exact) mass is 370 g/mol. The fraction of sp³-hybridized carbons (Fsp3) is 0.467. The number of rotatable bonds is 7. The first-order valence-corrected chi connectivity index (χ1v) is 9.16. The molecule has 0 saturated heterocycles. The molecule has 1 aromatic rings. The van der Waals surface area contributed by atoms with E-state index in [1.807, 2.05) is 0 Å². The van der Waals surface area contributed by atoms with Crippen LogP contribution in [0.25, 0.3) is 0 Å². The lowest BCUT2D eigenvalue weighted by molar-refractivity contribution is -0.384. The summed E-state index contributed by atoms with van der Waals surface area (Å²) in [4.78, 5) is 33.6. The summed E-state index contributed by atoms with van der Waals surface area (Å²) >= 11 is 0. The van der Waals surface area contributed by atoms with E-state index in [1.54, 1.807) is 0 Å². The Morgan fingerprint density at radius 1 is 1.24 bits per heavy atom. The van der Waals surface area contributed by atoms with Gasteiger partial charge in [0.25, 0.3) is 11.6 Å². The Labute approximate surface area is 144 Å². The Kier molecular flexibility index (Phi) is 5.41. The van der Waals surface area contributed by atoms with Crippen molar-refractivity contribution in [3.8, 4) is 0 Å². The molecular formula is C15H18N2O7S. The van der Waals surface area contributed by atoms with Gasteiger partial charge in [-0.3, -0.25) is 19.7 Å². The third kappa shape index (κ3) is 4.53. The van der Waals surface area contributed by atoms with Gasteiger partial charge in [0.2, 0.25) is 0 Å². The molecule has 25 heavy (non-hydrogen) atoms. The van der Waals surface area contributed by atoms with Crippen molar-refractivity contribution in [1.29, 1.82) is 0 Å². The van der Waals surface area contributed by atoms with Crippen LogP contribution in [0.3, 0.4) is 0 Å². The zero-order valence-electron chi connectivity index (χ0n) is 13.7. The number of nitrogens with zero attached hydrogens (tertiary/aromatic N) is 1. The van der Waals surface area contributed by atoms with Crippen molar-refractivity contribution in [2.24, 2.45) is 0 Å². The number of hydrogen-bond acceptors (Lipinski definition) is 7. The molecule has 2 atom stereocenters. The molecule has 1 fully saturated rings. The van der Waals surface area contributed by atoms with Gasteiger partial charge in [-0.05, 0) is 38.8 Å². The zero-order chi connectivity index (χ0) is 18.8. The fourth-order valence-corrected chi connectivity index (χ4v) is 3.19. The topological polar surface area (TPSA) is 133 Å². The highest BCUT2D eigenvalue weighted by Crippen LogP contribution is 2.21. The van der Waals surface area contributed by atoms with Crippen LogP contribution >= 0.6 is 0 Å². The van der Waals surface area contributed by atoms with Crippen LogP contribution in [0.15, 0.2) is 29.2 Å². The Balaban J connectivity index is 2.05. The van der Waals surface area contributed by atoms with Crippen molar-refractivity contribution in [3.05, 3.63) is 34.4 Å². The second kappa shape index (κ2) is 7.18. The van der Waals surface area contributed by atoms with Gasteiger partial charge < -0.3 is 10.1 Å². The molecule has 10 heteroatoms. The molecule has 1 saturated carbocycles. The number of nitrogens with one attached hydrogen (secondary N) is 1. The minimum atomic E-state index is -4.09. The van der Waals surface area contributed by atoms with Gasteiger partial charge in [-0.15, -0.1) is 0 Å². The first kappa shape index (κ1) is 18.8. The number of amides is 1. The molecule has 1 N–H and O–H groups in total. The van der Waals surface area contributed by atoms with Crippen molar-refractivity contribution >= 4 is 27.4 Å². The van der Waals surface area contributed by atoms with Crippen molar-refractivity contribution in [1.82, 2.24) is 5.32 Å². The first-order valence-electron chi connectivity index (χ1n) is 7.62. The number of sulfone groups is 1. The molecule has 0 heterocycles. The van der Waals surface area contributed by atoms with Crippen LogP contribution in [-0.4, -0.2) is 42.6 Å². The average molecular weight is 370 g/mol. The molecule has 0 unspecified atom stereocenters.